The third kappa shape index (κ3) is 3.46. The summed E-state index contributed by atoms with van der Waals surface area (Å²) in [7, 11) is 1.91. The van der Waals surface area contributed by atoms with Crippen molar-refractivity contribution in [3.8, 4) is 0 Å². The second-order valence-corrected chi connectivity index (χ2v) is 7.01. The number of aromatic nitrogens is 2. The lowest BCUT2D eigenvalue weighted by molar-refractivity contribution is -0.00551. The van der Waals surface area contributed by atoms with E-state index in [1.54, 1.807) is 0 Å². The molecular weight excluding hydrogens is 264 g/mol. The molecule has 1 aromatic rings. The normalized spacial score (nSPS) is 23.3. The molecule has 0 saturated carbocycles. The van der Waals surface area contributed by atoms with Crippen LogP contribution in [0, 0.1) is 6.92 Å². The number of morpholine rings is 1. The fourth-order valence-corrected chi connectivity index (χ4v) is 2.74. The molecule has 0 aliphatic carbocycles. The molecule has 0 aromatic carbocycles. The molecule has 0 amide bonds. The molecule has 0 radical (unpaired) electrons. The number of ether oxygens (including phenoxy) is 1. The molecule has 1 N–H and O–H groups in total. The Kier molecular flexibility index (Phi) is 4.42. The summed E-state index contributed by atoms with van der Waals surface area (Å²) in [6.07, 6.45) is 0.443. The first-order valence-corrected chi connectivity index (χ1v) is 7.69. The maximum atomic E-state index is 5.83. The Morgan fingerprint density at radius 1 is 1.14 bits per heavy atom. The Morgan fingerprint density at radius 2 is 1.71 bits per heavy atom. The summed E-state index contributed by atoms with van der Waals surface area (Å²) in [6, 6.07) is 0. The van der Waals surface area contributed by atoms with E-state index in [0.29, 0.717) is 0 Å². The lowest BCUT2D eigenvalue weighted by Gasteiger charge is -2.37. The van der Waals surface area contributed by atoms with Crippen LogP contribution in [0.1, 0.15) is 46.0 Å². The van der Waals surface area contributed by atoms with Crippen LogP contribution in [0.25, 0.3) is 0 Å². The Morgan fingerprint density at radius 3 is 2.19 bits per heavy atom. The van der Waals surface area contributed by atoms with E-state index in [2.05, 4.69) is 56.7 Å². The molecule has 2 rings (SSSR count). The van der Waals surface area contributed by atoms with Crippen molar-refractivity contribution in [3.05, 3.63) is 11.4 Å². The van der Waals surface area contributed by atoms with Crippen LogP contribution in [-0.2, 0) is 10.2 Å². The zero-order valence-corrected chi connectivity index (χ0v) is 14.3. The number of hydrogen-bond donors (Lipinski definition) is 1. The molecule has 1 aliphatic heterocycles. The molecule has 5 nitrogen and oxygen atoms in total. The van der Waals surface area contributed by atoms with Crippen LogP contribution in [0.2, 0.25) is 0 Å². The summed E-state index contributed by atoms with van der Waals surface area (Å²) in [5, 5.41) is 3.20. The van der Waals surface area contributed by atoms with Crippen LogP contribution in [0.3, 0.4) is 0 Å². The number of rotatable bonds is 2. The van der Waals surface area contributed by atoms with Crippen LogP contribution in [0.5, 0.6) is 0 Å². The highest BCUT2D eigenvalue weighted by Crippen LogP contribution is 2.29. The summed E-state index contributed by atoms with van der Waals surface area (Å²) in [6.45, 7) is 14.5. The van der Waals surface area contributed by atoms with Gasteiger partial charge >= 0.3 is 0 Å². The topological polar surface area (TPSA) is 50.3 Å². The van der Waals surface area contributed by atoms with Crippen molar-refractivity contribution in [1.82, 2.24) is 9.97 Å². The van der Waals surface area contributed by atoms with Gasteiger partial charge in [0.25, 0.3) is 0 Å². The maximum absolute atomic E-state index is 5.83. The zero-order chi connectivity index (χ0) is 15.8. The van der Waals surface area contributed by atoms with Gasteiger partial charge in [-0.25, -0.2) is 9.97 Å². The molecule has 1 aromatic heterocycles. The minimum atomic E-state index is -0.0719. The molecule has 1 saturated heterocycles. The van der Waals surface area contributed by atoms with Gasteiger partial charge in [0.15, 0.2) is 0 Å². The maximum Gasteiger partial charge on any atom is 0.138 e. The average Bonchev–Trinajstić information content (AvgIpc) is 2.36. The van der Waals surface area contributed by atoms with Crippen LogP contribution in [-0.4, -0.2) is 42.3 Å². The van der Waals surface area contributed by atoms with Gasteiger partial charge in [-0.3, -0.25) is 0 Å². The van der Waals surface area contributed by atoms with Crippen molar-refractivity contribution >= 4 is 11.6 Å². The van der Waals surface area contributed by atoms with Gasteiger partial charge in [-0.2, -0.15) is 0 Å². The highest BCUT2D eigenvalue weighted by atomic mass is 16.5. The number of nitrogens with zero attached hydrogens (tertiary/aromatic N) is 3. The second-order valence-electron chi connectivity index (χ2n) is 7.01. The molecule has 1 aliphatic rings. The van der Waals surface area contributed by atoms with E-state index in [4.69, 9.17) is 9.72 Å². The van der Waals surface area contributed by atoms with E-state index in [1.165, 1.54) is 0 Å². The molecule has 2 atom stereocenters. The fraction of sp³-hybridized carbons (Fsp3) is 0.750. The van der Waals surface area contributed by atoms with E-state index < -0.39 is 0 Å². The molecule has 0 spiro atoms. The van der Waals surface area contributed by atoms with Gasteiger partial charge in [0.2, 0.25) is 0 Å². The predicted octanol–water partition coefficient (Wildman–Crippen LogP) is 2.74. The summed E-state index contributed by atoms with van der Waals surface area (Å²) in [4.78, 5) is 11.9. The van der Waals surface area contributed by atoms with Gasteiger partial charge in [0.05, 0.1) is 12.2 Å². The van der Waals surface area contributed by atoms with Crippen molar-refractivity contribution in [2.24, 2.45) is 0 Å². The SMILES string of the molecule is CNc1nc(C(C)(C)C)nc(N2CC(C)OC(C)C2)c1C. The summed E-state index contributed by atoms with van der Waals surface area (Å²) < 4.78 is 5.83. The molecule has 2 heterocycles. The smallest absolute Gasteiger partial charge is 0.138 e. The molecule has 2 unspecified atom stereocenters. The standard InChI is InChI=1S/C16H28N4O/c1-10-8-20(9-11(2)21-10)14-12(3)13(17-7)18-15(19-14)16(4,5)6/h10-11H,8-9H2,1-7H3,(H,17,18,19). The summed E-state index contributed by atoms with van der Waals surface area (Å²) in [5.74, 6) is 2.82. The fourth-order valence-electron chi connectivity index (χ4n) is 2.74. The summed E-state index contributed by atoms with van der Waals surface area (Å²) >= 11 is 0. The highest BCUT2D eigenvalue weighted by molar-refractivity contribution is 5.59. The van der Waals surface area contributed by atoms with E-state index >= 15 is 0 Å². The van der Waals surface area contributed by atoms with E-state index in [1.807, 2.05) is 7.05 Å². The second kappa shape index (κ2) is 5.79. The van der Waals surface area contributed by atoms with Crippen LogP contribution < -0.4 is 10.2 Å². The average molecular weight is 292 g/mol. The monoisotopic (exact) mass is 292 g/mol. The first-order chi connectivity index (χ1) is 9.72. The Hall–Kier alpha value is -1.36. The minimum Gasteiger partial charge on any atom is -0.373 e. The third-order valence-electron chi connectivity index (χ3n) is 3.75. The number of hydrogen-bond acceptors (Lipinski definition) is 5. The molecule has 21 heavy (non-hydrogen) atoms. The summed E-state index contributed by atoms with van der Waals surface area (Å²) in [5.41, 5.74) is 1.03. The quantitative estimate of drug-likeness (QED) is 0.908. The molecule has 0 bridgehead atoms. The van der Waals surface area contributed by atoms with E-state index in [-0.39, 0.29) is 17.6 Å². The van der Waals surface area contributed by atoms with Crippen LogP contribution in [0.4, 0.5) is 11.6 Å². The number of anilines is 2. The van der Waals surface area contributed by atoms with E-state index in [0.717, 1.165) is 36.1 Å². The van der Waals surface area contributed by atoms with Gasteiger partial charge in [-0.1, -0.05) is 20.8 Å². The van der Waals surface area contributed by atoms with Crippen molar-refractivity contribution in [1.29, 1.82) is 0 Å². The molecular formula is C16H28N4O. The lowest BCUT2D eigenvalue weighted by Crippen LogP contribution is -2.46. The first-order valence-electron chi connectivity index (χ1n) is 7.69. The third-order valence-corrected chi connectivity index (χ3v) is 3.75. The van der Waals surface area contributed by atoms with E-state index in [9.17, 15) is 0 Å². The van der Waals surface area contributed by atoms with Crippen molar-refractivity contribution in [3.63, 3.8) is 0 Å². The minimum absolute atomic E-state index is 0.0719. The highest BCUT2D eigenvalue weighted by Gasteiger charge is 2.27. The Labute approximate surface area is 128 Å². The largest absolute Gasteiger partial charge is 0.373 e. The lowest BCUT2D eigenvalue weighted by atomic mass is 9.95. The van der Waals surface area contributed by atoms with Gasteiger partial charge in [-0.15, -0.1) is 0 Å². The van der Waals surface area contributed by atoms with Gasteiger partial charge in [0.1, 0.15) is 17.5 Å². The molecule has 1 fully saturated rings. The number of nitrogens with one attached hydrogen (secondary N) is 1. The van der Waals surface area contributed by atoms with Crippen LogP contribution >= 0.6 is 0 Å². The van der Waals surface area contributed by atoms with Gasteiger partial charge in [-0.05, 0) is 20.8 Å². The predicted molar refractivity (Wildman–Crippen MR) is 87.2 cm³/mol. The first kappa shape index (κ1) is 16.0. The van der Waals surface area contributed by atoms with Crippen molar-refractivity contribution < 1.29 is 4.74 Å². The van der Waals surface area contributed by atoms with Crippen molar-refractivity contribution in [2.75, 3.05) is 30.4 Å². The Balaban J connectivity index is 2.46. The molecule has 118 valence electrons. The van der Waals surface area contributed by atoms with Gasteiger partial charge < -0.3 is 15.0 Å². The van der Waals surface area contributed by atoms with Crippen LogP contribution in [0.15, 0.2) is 0 Å². The Bertz CT molecular complexity index is 500. The molecule has 5 heteroatoms. The zero-order valence-electron chi connectivity index (χ0n) is 14.3. The van der Waals surface area contributed by atoms with Crippen molar-refractivity contribution in [2.45, 2.75) is 59.2 Å². The van der Waals surface area contributed by atoms with Gasteiger partial charge in [0, 0.05) is 31.1 Å².